The molecule has 0 aliphatic carbocycles. The van der Waals surface area contributed by atoms with Gasteiger partial charge in [-0.05, 0) is 44.5 Å². The number of benzene rings is 2. The van der Waals surface area contributed by atoms with Crippen LogP contribution in [0.2, 0.25) is 0 Å². The van der Waals surface area contributed by atoms with E-state index in [1.54, 1.807) is 0 Å². The van der Waals surface area contributed by atoms with Crippen LogP contribution in [0, 0.1) is 0 Å². The number of rotatable bonds is 8. The average Bonchev–Trinajstić information content (AvgIpc) is 2.60. The number of nitrogens with two attached hydrogens (primary N) is 1. The van der Waals surface area contributed by atoms with Gasteiger partial charge in [0.25, 0.3) is 0 Å². The Hall–Kier alpha value is -2.53. The molecule has 24 heavy (non-hydrogen) atoms. The molecule has 2 rings (SSSR count). The molecule has 0 aromatic heterocycles. The standard InChI is InChI=1S/C19H24N2O3/c1-3-23-17-12-15(10-11-20)16(13-18(17)24-4-2)19(21-22)14-8-6-5-7-9-14/h5-9,12-13,22H,3-4,10-11,20H2,1-2H3/b21-19-. The largest absolute Gasteiger partial charge is 0.490 e. The highest BCUT2D eigenvalue weighted by atomic mass is 16.5. The zero-order valence-corrected chi connectivity index (χ0v) is 14.2. The van der Waals surface area contributed by atoms with Gasteiger partial charge in [-0.2, -0.15) is 0 Å². The van der Waals surface area contributed by atoms with Crippen LogP contribution >= 0.6 is 0 Å². The summed E-state index contributed by atoms with van der Waals surface area (Å²) in [6.45, 7) is 5.39. The van der Waals surface area contributed by atoms with Gasteiger partial charge in [0.15, 0.2) is 11.5 Å². The first-order valence-electron chi connectivity index (χ1n) is 8.15. The minimum atomic E-state index is 0.486. The summed E-state index contributed by atoms with van der Waals surface area (Å²) in [5, 5.41) is 13.1. The van der Waals surface area contributed by atoms with Crippen LogP contribution in [0.4, 0.5) is 0 Å². The summed E-state index contributed by atoms with van der Waals surface area (Å²) >= 11 is 0. The molecule has 0 saturated heterocycles. The second kappa shape index (κ2) is 8.93. The maximum atomic E-state index is 9.60. The highest BCUT2D eigenvalue weighted by Gasteiger charge is 2.17. The molecule has 5 heteroatoms. The molecule has 0 spiro atoms. The molecule has 0 bridgehead atoms. The Morgan fingerprint density at radius 2 is 1.67 bits per heavy atom. The highest BCUT2D eigenvalue weighted by Crippen LogP contribution is 2.33. The smallest absolute Gasteiger partial charge is 0.161 e. The van der Waals surface area contributed by atoms with Crippen molar-refractivity contribution in [2.75, 3.05) is 19.8 Å². The summed E-state index contributed by atoms with van der Waals surface area (Å²) in [5.74, 6) is 1.31. The molecule has 2 aromatic rings. The van der Waals surface area contributed by atoms with Gasteiger partial charge in [-0.3, -0.25) is 0 Å². The van der Waals surface area contributed by atoms with E-state index in [1.165, 1.54) is 0 Å². The Morgan fingerprint density at radius 3 is 2.21 bits per heavy atom. The van der Waals surface area contributed by atoms with Crippen LogP contribution in [0.1, 0.15) is 30.5 Å². The molecule has 5 nitrogen and oxygen atoms in total. The topological polar surface area (TPSA) is 77.1 Å². The van der Waals surface area contributed by atoms with Crippen molar-refractivity contribution in [2.24, 2.45) is 10.9 Å². The molecule has 0 fully saturated rings. The monoisotopic (exact) mass is 328 g/mol. The Bertz CT molecular complexity index is 685. The molecule has 0 radical (unpaired) electrons. The summed E-state index contributed by atoms with van der Waals surface area (Å²) in [4.78, 5) is 0. The first kappa shape index (κ1) is 17.8. The second-order valence-corrected chi connectivity index (χ2v) is 5.18. The van der Waals surface area contributed by atoms with Crippen LogP contribution in [0.5, 0.6) is 11.5 Å². The number of oxime groups is 1. The minimum absolute atomic E-state index is 0.486. The Balaban J connectivity index is 2.59. The zero-order valence-electron chi connectivity index (χ0n) is 14.2. The fourth-order valence-electron chi connectivity index (χ4n) is 2.58. The summed E-state index contributed by atoms with van der Waals surface area (Å²) in [5.41, 5.74) is 8.82. The van der Waals surface area contributed by atoms with E-state index in [0.29, 0.717) is 43.4 Å². The lowest BCUT2D eigenvalue weighted by molar-refractivity contribution is 0.287. The van der Waals surface area contributed by atoms with Crippen molar-refractivity contribution in [1.82, 2.24) is 0 Å². The number of ether oxygens (including phenoxy) is 2. The van der Waals surface area contributed by atoms with Crippen LogP contribution in [-0.2, 0) is 6.42 Å². The number of hydrogen-bond donors (Lipinski definition) is 2. The summed E-state index contributed by atoms with van der Waals surface area (Å²) in [6, 6.07) is 13.3. The van der Waals surface area contributed by atoms with E-state index in [1.807, 2.05) is 56.3 Å². The van der Waals surface area contributed by atoms with Gasteiger partial charge in [-0.1, -0.05) is 35.5 Å². The number of hydrogen-bond acceptors (Lipinski definition) is 5. The van der Waals surface area contributed by atoms with Crippen molar-refractivity contribution < 1.29 is 14.7 Å². The van der Waals surface area contributed by atoms with E-state index in [9.17, 15) is 5.21 Å². The van der Waals surface area contributed by atoms with Crippen molar-refractivity contribution in [2.45, 2.75) is 20.3 Å². The van der Waals surface area contributed by atoms with Crippen molar-refractivity contribution >= 4 is 5.71 Å². The SMILES string of the molecule is CCOc1cc(CCN)c(/C(=N\O)c2ccccc2)cc1OCC. The molecule has 0 aliphatic rings. The van der Waals surface area contributed by atoms with Gasteiger partial charge in [-0.25, -0.2) is 0 Å². The van der Waals surface area contributed by atoms with Crippen molar-refractivity contribution in [3.05, 3.63) is 59.2 Å². The third-order valence-electron chi connectivity index (χ3n) is 3.59. The van der Waals surface area contributed by atoms with Gasteiger partial charge in [0, 0.05) is 11.1 Å². The highest BCUT2D eigenvalue weighted by molar-refractivity contribution is 6.13. The van der Waals surface area contributed by atoms with E-state index in [0.717, 1.165) is 16.7 Å². The summed E-state index contributed by atoms with van der Waals surface area (Å²) in [7, 11) is 0. The maximum absolute atomic E-state index is 9.60. The van der Waals surface area contributed by atoms with E-state index >= 15 is 0 Å². The van der Waals surface area contributed by atoms with Gasteiger partial charge in [0.1, 0.15) is 5.71 Å². The Labute approximate surface area is 142 Å². The predicted octanol–water partition coefficient (Wildman–Crippen LogP) is 3.21. The average molecular weight is 328 g/mol. The van der Waals surface area contributed by atoms with Gasteiger partial charge in [0.2, 0.25) is 0 Å². The Morgan fingerprint density at radius 1 is 1.04 bits per heavy atom. The molecule has 0 unspecified atom stereocenters. The minimum Gasteiger partial charge on any atom is -0.490 e. The summed E-state index contributed by atoms with van der Waals surface area (Å²) in [6.07, 6.45) is 0.646. The van der Waals surface area contributed by atoms with Crippen LogP contribution < -0.4 is 15.2 Å². The van der Waals surface area contributed by atoms with Gasteiger partial charge in [0.05, 0.1) is 13.2 Å². The van der Waals surface area contributed by atoms with Gasteiger partial charge < -0.3 is 20.4 Å². The van der Waals surface area contributed by atoms with E-state index in [-0.39, 0.29) is 0 Å². The van der Waals surface area contributed by atoms with Crippen LogP contribution in [-0.4, -0.2) is 30.7 Å². The molecule has 0 atom stereocenters. The Kier molecular flexibility index (Phi) is 6.63. The van der Waals surface area contributed by atoms with Crippen LogP contribution in [0.3, 0.4) is 0 Å². The lowest BCUT2D eigenvalue weighted by atomic mass is 9.95. The molecule has 2 aromatic carbocycles. The quantitative estimate of drug-likeness (QED) is 0.443. The summed E-state index contributed by atoms with van der Waals surface area (Å²) < 4.78 is 11.4. The van der Waals surface area contributed by atoms with E-state index in [4.69, 9.17) is 15.2 Å². The molecule has 0 saturated carbocycles. The van der Waals surface area contributed by atoms with Gasteiger partial charge in [-0.15, -0.1) is 0 Å². The third kappa shape index (κ3) is 4.06. The molecule has 0 amide bonds. The number of nitrogens with zero attached hydrogens (tertiary/aromatic N) is 1. The molecule has 128 valence electrons. The molecule has 0 heterocycles. The third-order valence-corrected chi connectivity index (χ3v) is 3.59. The van der Waals surface area contributed by atoms with Crippen molar-refractivity contribution in [1.29, 1.82) is 0 Å². The molecular weight excluding hydrogens is 304 g/mol. The lowest BCUT2D eigenvalue weighted by Gasteiger charge is -2.17. The fraction of sp³-hybridized carbons (Fsp3) is 0.316. The maximum Gasteiger partial charge on any atom is 0.161 e. The van der Waals surface area contributed by atoms with E-state index in [2.05, 4.69) is 5.16 Å². The van der Waals surface area contributed by atoms with Crippen molar-refractivity contribution in [3.63, 3.8) is 0 Å². The van der Waals surface area contributed by atoms with Crippen molar-refractivity contribution in [3.8, 4) is 11.5 Å². The lowest BCUT2D eigenvalue weighted by Crippen LogP contribution is -2.12. The van der Waals surface area contributed by atoms with Crippen LogP contribution in [0.25, 0.3) is 0 Å². The first-order valence-corrected chi connectivity index (χ1v) is 8.15. The fourth-order valence-corrected chi connectivity index (χ4v) is 2.58. The van der Waals surface area contributed by atoms with Gasteiger partial charge >= 0.3 is 0 Å². The molecule has 3 N–H and O–H groups in total. The first-order chi connectivity index (χ1) is 11.7. The molecule has 0 aliphatic heterocycles. The normalized spacial score (nSPS) is 11.4. The predicted molar refractivity (Wildman–Crippen MR) is 95.4 cm³/mol. The van der Waals surface area contributed by atoms with E-state index < -0.39 is 0 Å². The zero-order chi connectivity index (χ0) is 17.4. The molecular formula is C19H24N2O3. The van der Waals surface area contributed by atoms with Crippen LogP contribution in [0.15, 0.2) is 47.6 Å². The second-order valence-electron chi connectivity index (χ2n) is 5.18.